The minimum atomic E-state index is -0.808. The Kier molecular flexibility index (Phi) is 8.13. The highest BCUT2D eigenvalue weighted by Gasteiger charge is 2.16. The van der Waals surface area contributed by atoms with E-state index in [0.717, 1.165) is 29.4 Å². The Morgan fingerprint density at radius 1 is 1.08 bits per heavy atom. The van der Waals surface area contributed by atoms with Gasteiger partial charge in [-0.25, -0.2) is 0 Å². The molecule has 0 aliphatic heterocycles. The fraction of sp³-hybridized carbons (Fsp3) is 0.455. The first-order chi connectivity index (χ1) is 12.6. The van der Waals surface area contributed by atoms with Crippen molar-refractivity contribution in [3.05, 3.63) is 47.7 Å². The zero-order valence-corrected chi connectivity index (χ0v) is 15.6. The maximum atomic E-state index is 12.7. The maximum Gasteiger partial charge on any atom is 0.303 e. The zero-order chi connectivity index (χ0) is 18.8. The molecule has 0 aliphatic carbocycles. The van der Waals surface area contributed by atoms with Crippen LogP contribution in [0.2, 0.25) is 0 Å². The third-order valence-corrected chi connectivity index (χ3v) is 4.59. The van der Waals surface area contributed by atoms with E-state index >= 15 is 0 Å². The van der Waals surface area contributed by atoms with Gasteiger partial charge in [0.1, 0.15) is 0 Å². The molecule has 0 radical (unpaired) electrons. The molecular weight excluding hydrogens is 326 g/mol. The number of allylic oxidation sites excluding steroid dienone is 2. The molecule has 2 aromatic rings. The lowest BCUT2D eigenvalue weighted by Crippen LogP contribution is -2.01. The normalized spacial score (nSPS) is 11.4. The molecule has 1 heterocycles. The molecule has 0 atom stereocenters. The van der Waals surface area contributed by atoms with Crippen LogP contribution in [0.5, 0.6) is 0 Å². The lowest BCUT2D eigenvalue weighted by Gasteiger charge is -2.01. The molecule has 1 aromatic carbocycles. The van der Waals surface area contributed by atoms with Crippen LogP contribution in [-0.4, -0.2) is 21.8 Å². The molecule has 1 aromatic heterocycles. The topological polar surface area (TPSA) is 70.2 Å². The number of ketones is 1. The Bertz CT molecular complexity index is 758. The summed E-state index contributed by atoms with van der Waals surface area (Å²) in [7, 11) is 0. The Morgan fingerprint density at radius 2 is 1.85 bits per heavy atom. The van der Waals surface area contributed by atoms with Crippen LogP contribution < -0.4 is 0 Å². The van der Waals surface area contributed by atoms with Crippen molar-refractivity contribution in [1.29, 1.82) is 0 Å². The van der Waals surface area contributed by atoms with Gasteiger partial charge in [-0.15, -0.1) is 0 Å². The minimum absolute atomic E-state index is 0.00123. The number of carbonyl (C=O) groups excluding carboxylic acids is 1. The molecule has 0 saturated heterocycles. The van der Waals surface area contributed by atoms with Crippen molar-refractivity contribution in [2.45, 2.75) is 64.7 Å². The smallest absolute Gasteiger partial charge is 0.303 e. The minimum Gasteiger partial charge on any atom is -0.481 e. The average molecular weight is 355 g/mol. The standard InChI is InChI=1S/C22H29NO3/c1-2-3-4-5-6-7-8-15-20(24)22-17-12-9-10-13-18(17)23-19(22)14-11-16-21(25)26/h8-10,12-13,15,23H,2-7,11,14,16H2,1H3,(H,25,26)/b15-8+. The van der Waals surface area contributed by atoms with Gasteiger partial charge in [-0.2, -0.15) is 0 Å². The van der Waals surface area contributed by atoms with Crippen LogP contribution in [0.1, 0.15) is 74.3 Å². The summed E-state index contributed by atoms with van der Waals surface area (Å²) in [4.78, 5) is 26.8. The number of carbonyl (C=O) groups is 2. The first-order valence-corrected chi connectivity index (χ1v) is 9.65. The molecule has 2 N–H and O–H groups in total. The van der Waals surface area contributed by atoms with Crippen LogP contribution in [0.15, 0.2) is 36.4 Å². The highest BCUT2D eigenvalue weighted by atomic mass is 16.4. The predicted molar refractivity (Wildman–Crippen MR) is 106 cm³/mol. The number of para-hydroxylation sites is 1. The van der Waals surface area contributed by atoms with Crippen molar-refractivity contribution >= 4 is 22.7 Å². The molecule has 0 amide bonds. The van der Waals surface area contributed by atoms with E-state index in [1.807, 2.05) is 30.3 Å². The van der Waals surface area contributed by atoms with Gasteiger partial charge >= 0.3 is 5.97 Å². The Hall–Kier alpha value is -2.36. The number of carboxylic acids is 1. The fourth-order valence-corrected chi connectivity index (χ4v) is 3.22. The number of carboxylic acid groups (broad SMARTS) is 1. The summed E-state index contributed by atoms with van der Waals surface area (Å²) >= 11 is 0. The number of hydrogen-bond donors (Lipinski definition) is 2. The van der Waals surface area contributed by atoms with Crippen LogP contribution in [0.25, 0.3) is 10.9 Å². The van der Waals surface area contributed by atoms with Gasteiger partial charge in [0, 0.05) is 23.0 Å². The van der Waals surface area contributed by atoms with E-state index in [0.29, 0.717) is 18.4 Å². The summed E-state index contributed by atoms with van der Waals surface area (Å²) in [5.41, 5.74) is 2.45. The number of benzene rings is 1. The number of hydrogen-bond acceptors (Lipinski definition) is 2. The molecule has 4 nitrogen and oxygen atoms in total. The molecule has 0 fully saturated rings. The summed E-state index contributed by atoms with van der Waals surface area (Å²) < 4.78 is 0. The second-order valence-corrected chi connectivity index (χ2v) is 6.74. The number of aryl methyl sites for hydroxylation is 1. The van der Waals surface area contributed by atoms with Gasteiger partial charge in [0.15, 0.2) is 5.78 Å². The van der Waals surface area contributed by atoms with Crippen LogP contribution in [-0.2, 0) is 11.2 Å². The first kappa shape index (κ1) is 20.0. The number of nitrogens with one attached hydrogen (secondary N) is 1. The van der Waals surface area contributed by atoms with E-state index in [4.69, 9.17) is 5.11 Å². The SMILES string of the molecule is CCCCCCC/C=C/C(=O)c1c(CCCC(=O)O)[nH]c2ccccc12. The van der Waals surface area contributed by atoms with Gasteiger partial charge < -0.3 is 10.1 Å². The van der Waals surface area contributed by atoms with Gasteiger partial charge in [0.25, 0.3) is 0 Å². The summed E-state index contributed by atoms with van der Waals surface area (Å²) in [5.74, 6) is -0.807. The molecule has 4 heteroatoms. The summed E-state index contributed by atoms with van der Waals surface area (Å²) in [6, 6.07) is 7.74. The summed E-state index contributed by atoms with van der Waals surface area (Å²) in [6.07, 6.45) is 11.8. The Labute approximate surface area is 155 Å². The second-order valence-electron chi connectivity index (χ2n) is 6.74. The van der Waals surface area contributed by atoms with Gasteiger partial charge in [0.2, 0.25) is 0 Å². The highest BCUT2D eigenvalue weighted by Crippen LogP contribution is 2.24. The van der Waals surface area contributed by atoms with Crippen LogP contribution in [0.4, 0.5) is 0 Å². The quantitative estimate of drug-likeness (QED) is 0.292. The highest BCUT2D eigenvalue weighted by molar-refractivity contribution is 6.14. The van der Waals surface area contributed by atoms with E-state index in [1.54, 1.807) is 6.08 Å². The van der Waals surface area contributed by atoms with Gasteiger partial charge in [-0.05, 0) is 37.8 Å². The predicted octanol–water partition coefficient (Wildman–Crippen LogP) is 5.67. The molecule has 140 valence electrons. The first-order valence-electron chi connectivity index (χ1n) is 9.65. The molecule has 2 rings (SSSR count). The van der Waals surface area contributed by atoms with Crippen molar-refractivity contribution in [3.63, 3.8) is 0 Å². The summed E-state index contributed by atoms with van der Waals surface area (Å²) in [6.45, 7) is 2.20. The maximum absolute atomic E-state index is 12.7. The van der Waals surface area contributed by atoms with Gasteiger partial charge in [0.05, 0.1) is 5.56 Å². The number of aromatic nitrogens is 1. The number of H-pyrrole nitrogens is 1. The largest absolute Gasteiger partial charge is 0.481 e. The fourth-order valence-electron chi connectivity index (χ4n) is 3.22. The lowest BCUT2D eigenvalue weighted by molar-refractivity contribution is -0.137. The molecule has 0 aliphatic rings. The van der Waals surface area contributed by atoms with Crippen molar-refractivity contribution in [1.82, 2.24) is 4.98 Å². The van der Waals surface area contributed by atoms with Crippen LogP contribution in [0, 0.1) is 0 Å². The second kappa shape index (κ2) is 10.6. The van der Waals surface area contributed by atoms with Crippen molar-refractivity contribution in [2.75, 3.05) is 0 Å². The van der Waals surface area contributed by atoms with Gasteiger partial charge in [-0.3, -0.25) is 9.59 Å². The number of aliphatic carboxylic acids is 1. The third-order valence-electron chi connectivity index (χ3n) is 4.59. The lowest BCUT2D eigenvalue weighted by atomic mass is 10.0. The van der Waals surface area contributed by atoms with E-state index < -0.39 is 5.97 Å². The van der Waals surface area contributed by atoms with Crippen molar-refractivity contribution in [3.8, 4) is 0 Å². The molecule has 0 bridgehead atoms. The van der Waals surface area contributed by atoms with Crippen LogP contribution >= 0.6 is 0 Å². The monoisotopic (exact) mass is 355 g/mol. The van der Waals surface area contributed by atoms with E-state index in [1.165, 1.54) is 25.7 Å². The third kappa shape index (κ3) is 5.87. The summed E-state index contributed by atoms with van der Waals surface area (Å²) in [5, 5.41) is 9.75. The average Bonchev–Trinajstić information content (AvgIpc) is 2.98. The molecule has 26 heavy (non-hydrogen) atoms. The van der Waals surface area contributed by atoms with Crippen molar-refractivity contribution in [2.24, 2.45) is 0 Å². The Morgan fingerprint density at radius 3 is 2.62 bits per heavy atom. The van der Waals surface area contributed by atoms with Crippen molar-refractivity contribution < 1.29 is 14.7 Å². The molecule has 0 saturated carbocycles. The number of rotatable bonds is 12. The van der Waals surface area contributed by atoms with Crippen LogP contribution in [0.3, 0.4) is 0 Å². The van der Waals surface area contributed by atoms with E-state index in [-0.39, 0.29) is 12.2 Å². The Balaban J connectivity index is 2.05. The number of aromatic amines is 1. The van der Waals surface area contributed by atoms with E-state index in [9.17, 15) is 9.59 Å². The van der Waals surface area contributed by atoms with E-state index in [2.05, 4.69) is 11.9 Å². The molecular formula is C22H29NO3. The molecule has 0 spiro atoms. The number of fused-ring (bicyclic) bond motifs is 1. The van der Waals surface area contributed by atoms with Gasteiger partial charge in [-0.1, -0.05) is 56.9 Å². The molecule has 0 unspecified atom stereocenters. The number of unbranched alkanes of at least 4 members (excludes halogenated alkanes) is 5. The zero-order valence-electron chi connectivity index (χ0n) is 15.6.